The molecule has 0 spiro atoms. The number of nitrogens with zero attached hydrogens (tertiary/aromatic N) is 3. The van der Waals surface area contributed by atoms with Crippen LogP contribution >= 0.6 is 43.5 Å². The molecule has 0 bridgehead atoms. The molecule has 3 aromatic carbocycles. The van der Waals surface area contributed by atoms with Crippen molar-refractivity contribution in [3.63, 3.8) is 0 Å². The third-order valence-corrected chi connectivity index (χ3v) is 7.42. The fourth-order valence-electron chi connectivity index (χ4n) is 3.75. The third-order valence-electron chi connectivity index (χ3n) is 5.48. The molecule has 1 N–H and O–H groups in total. The molecule has 0 aliphatic rings. The molecule has 0 saturated carbocycles. The van der Waals surface area contributed by atoms with Gasteiger partial charge in [-0.2, -0.15) is 9.78 Å². The van der Waals surface area contributed by atoms with E-state index in [0.29, 0.717) is 32.3 Å². The number of furan rings is 1. The lowest BCUT2D eigenvalue weighted by atomic mass is 10.2. The number of hydrogen-bond acceptors (Lipinski definition) is 7. The van der Waals surface area contributed by atoms with Crippen LogP contribution in [0.25, 0.3) is 33.5 Å². The predicted molar refractivity (Wildman–Crippen MR) is 151 cm³/mol. The van der Waals surface area contributed by atoms with Crippen molar-refractivity contribution >= 4 is 77.5 Å². The molecule has 5 aromatic rings. The number of carbonyl (C=O) groups is 1. The van der Waals surface area contributed by atoms with Crippen LogP contribution in [0.5, 0.6) is 11.5 Å². The first-order valence-electron chi connectivity index (χ1n) is 10.9. The number of carboxylic acids is 1. The summed E-state index contributed by atoms with van der Waals surface area (Å²) in [5, 5.41) is 14.7. The highest BCUT2D eigenvalue weighted by Crippen LogP contribution is 2.42. The Labute approximate surface area is 236 Å². The Morgan fingerprint density at radius 1 is 1.21 bits per heavy atom. The Morgan fingerprint density at radius 2 is 2.00 bits per heavy atom. The van der Waals surface area contributed by atoms with Crippen LogP contribution in [-0.2, 0) is 4.79 Å². The minimum Gasteiger partial charge on any atom is -0.493 e. The molecule has 0 amide bonds. The lowest BCUT2D eigenvalue weighted by Crippen LogP contribution is -2.20. The molecule has 0 radical (unpaired) electrons. The monoisotopic (exact) mass is 659 g/mol. The van der Waals surface area contributed by atoms with E-state index in [-0.39, 0.29) is 22.3 Å². The summed E-state index contributed by atoms with van der Waals surface area (Å²) in [5.74, 6) is -0.371. The molecule has 0 aliphatic carbocycles. The number of carboxylic acid groups (broad SMARTS) is 1. The Morgan fingerprint density at radius 3 is 2.76 bits per heavy atom. The molecular weight excluding hydrogens is 646 g/mol. The summed E-state index contributed by atoms with van der Waals surface area (Å²) in [6, 6.07) is 15.8. The number of halogens is 3. The lowest BCUT2D eigenvalue weighted by Gasteiger charge is -2.14. The van der Waals surface area contributed by atoms with Gasteiger partial charge >= 0.3 is 5.97 Å². The van der Waals surface area contributed by atoms with Crippen LogP contribution in [-0.4, -0.2) is 40.7 Å². The van der Waals surface area contributed by atoms with E-state index in [1.165, 1.54) is 13.3 Å². The van der Waals surface area contributed by atoms with Crippen LogP contribution in [0.4, 0.5) is 0 Å². The minimum absolute atomic E-state index is 0.0549. The molecule has 9 nitrogen and oxygen atoms in total. The van der Waals surface area contributed by atoms with Crippen molar-refractivity contribution in [3.8, 4) is 23.1 Å². The molecule has 0 saturated heterocycles. The second kappa shape index (κ2) is 10.6. The maximum atomic E-state index is 13.5. The van der Waals surface area contributed by atoms with Crippen molar-refractivity contribution in [2.24, 2.45) is 5.10 Å². The van der Waals surface area contributed by atoms with E-state index in [9.17, 15) is 9.59 Å². The summed E-state index contributed by atoms with van der Waals surface area (Å²) in [6.07, 6.45) is 1.40. The van der Waals surface area contributed by atoms with Crippen molar-refractivity contribution in [1.82, 2.24) is 9.66 Å². The van der Waals surface area contributed by atoms with Gasteiger partial charge in [0.1, 0.15) is 10.6 Å². The standard InChI is InChI=1S/C26H16Br2ClN3O6/c1-36-19-10-14(22(28)23(29)24(19)37-12-21(33)34)11-30-32-25(31-17-5-3-2-4-16(17)26(32)35)20-9-13-8-15(27)6-7-18(13)38-20/h2-11H,12H2,1H3,(H,33,34). The lowest BCUT2D eigenvalue weighted by molar-refractivity contribution is -0.139. The summed E-state index contributed by atoms with van der Waals surface area (Å²) in [6.45, 7) is -0.606. The SMILES string of the molecule is COc1cc(C=Nn2c(-c3cc4cc(Br)ccc4o3)nc3ccccc3c2=O)c(Br)c(Cl)c1OCC(=O)O. The predicted octanol–water partition coefficient (Wildman–Crippen LogP) is 6.34. The highest BCUT2D eigenvalue weighted by Gasteiger charge is 2.19. The highest BCUT2D eigenvalue weighted by atomic mass is 79.9. The van der Waals surface area contributed by atoms with Crippen LogP contribution in [0.1, 0.15) is 5.56 Å². The molecule has 5 rings (SSSR count). The Bertz CT molecular complexity index is 1820. The van der Waals surface area contributed by atoms with Gasteiger partial charge in [0.15, 0.2) is 23.9 Å². The van der Waals surface area contributed by atoms with Gasteiger partial charge in [0, 0.05) is 19.9 Å². The van der Waals surface area contributed by atoms with Gasteiger partial charge in [-0.25, -0.2) is 9.78 Å². The molecule has 12 heteroatoms. The van der Waals surface area contributed by atoms with Gasteiger partial charge in [-0.1, -0.05) is 39.7 Å². The summed E-state index contributed by atoms with van der Waals surface area (Å²) in [7, 11) is 1.39. The first kappa shape index (κ1) is 26.0. The van der Waals surface area contributed by atoms with E-state index in [4.69, 9.17) is 30.6 Å². The summed E-state index contributed by atoms with van der Waals surface area (Å²) >= 11 is 13.3. The zero-order chi connectivity index (χ0) is 27.0. The van der Waals surface area contributed by atoms with E-state index in [0.717, 1.165) is 14.5 Å². The number of para-hydroxylation sites is 1. The van der Waals surface area contributed by atoms with E-state index < -0.39 is 18.1 Å². The number of benzene rings is 3. The van der Waals surface area contributed by atoms with Crippen LogP contribution in [0.15, 0.2) is 77.9 Å². The van der Waals surface area contributed by atoms with Crippen LogP contribution < -0.4 is 15.0 Å². The molecule has 192 valence electrons. The zero-order valence-corrected chi connectivity index (χ0v) is 23.4. The van der Waals surface area contributed by atoms with E-state index in [1.54, 1.807) is 36.4 Å². The second-order valence-electron chi connectivity index (χ2n) is 7.91. The molecular formula is C26H16Br2ClN3O6. The molecule has 0 fully saturated rings. The Hall–Kier alpha value is -3.67. The van der Waals surface area contributed by atoms with Gasteiger partial charge in [-0.3, -0.25) is 4.79 Å². The first-order valence-corrected chi connectivity index (χ1v) is 12.9. The highest BCUT2D eigenvalue weighted by molar-refractivity contribution is 9.10. The normalized spacial score (nSPS) is 11.5. The average Bonchev–Trinajstić information content (AvgIpc) is 3.32. The number of hydrogen-bond donors (Lipinski definition) is 1. The van der Waals surface area contributed by atoms with Crippen LogP contribution in [0, 0.1) is 0 Å². The third kappa shape index (κ3) is 4.92. The smallest absolute Gasteiger partial charge is 0.341 e. The van der Waals surface area contributed by atoms with Gasteiger partial charge in [0.05, 0.1) is 24.2 Å². The second-order valence-corrected chi connectivity index (χ2v) is 10.0. The average molecular weight is 662 g/mol. The maximum Gasteiger partial charge on any atom is 0.341 e. The van der Waals surface area contributed by atoms with E-state index in [1.807, 2.05) is 18.2 Å². The van der Waals surface area contributed by atoms with E-state index in [2.05, 4.69) is 41.9 Å². The van der Waals surface area contributed by atoms with Gasteiger partial charge in [-0.05, 0) is 58.4 Å². The summed E-state index contributed by atoms with van der Waals surface area (Å²) < 4.78 is 19.0. The zero-order valence-electron chi connectivity index (χ0n) is 19.4. The summed E-state index contributed by atoms with van der Waals surface area (Å²) in [4.78, 5) is 29.1. The van der Waals surface area contributed by atoms with Crippen molar-refractivity contribution in [2.75, 3.05) is 13.7 Å². The quantitative estimate of drug-likeness (QED) is 0.202. The van der Waals surface area contributed by atoms with E-state index >= 15 is 0 Å². The fourth-order valence-corrected chi connectivity index (χ4v) is 4.79. The van der Waals surface area contributed by atoms with Crippen molar-refractivity contribution in [3.05, 3.63) is 84.5 Å². The molecule has 38 heavy (non-hydrogen) atoms. The van der Waals surface area contributed by atoms with Gasteiger partial charge in [-0.15, -0.1) is 0 Å². The summed E-state index contributed by atoms with van der Waals surface area (Å²) in [5.41, 5.74) is 1.15. The largest absolute Gasteiger partial charge is 0.493 e. The number of aliphatic carboxylic acids is 1. The number of rotatable bonds is 7. The molecule has 2 heterocycles. The Balaban J connectivity index is 1.67. The topological polar surface area (TPSA) is 116 Å². The maximum absolute atomic E-state index is 13.5. The van der Waals surface area contributed by atoms with Crippen LogP contribution in [0.2, 0.25) is 5.02 Å². The van der Waals surface area contributed by atoms with Crippen molar-refractivity contribution < 1.29 is 23.8 Å². The number of fused-ring (bicyclic) bond motifs is 2. The molecule has 2 aromatic heterocycles. The number of ether oxygens (including phenoxy) is 2. The van der Waals surface area contributed by atoms with Gasteiger partial charge < -0.3 is 19.0 Å². The van der Waals surface area contributed by atoms with Gasteiger partial charge in [0.25, 0.3) is 5.56 Å². The number of methoxy groups -OCH3 is 1. The molecule has 0 unspecified atom stereocenters. The molecule has 0 aliphatic heterocycles. The first-order chi connectivity index (χ1) is 18.3. The minimum atomic E-state index is -1.17. The number of aromatic nitrogens is 2. The van der Waals surface area contributed by atoms with Gasteiger partial charge in [0.2, 0.25) is 5.82 Å². The van der Waals surface area contributed by atoms with Crippen LogP contribution in [0.3, 0.4) is 0 Å². The van der Waals surface area contributed by atoms with Crippen molar-refractivity contribution in [1.29, 1.82) is 0 Å². The Kier molecular flexibility index (Phi) is 7.24. The molecule has 0 atom stereocenters. The fraction of sp³-hybridized carbons (Fsp3) is 0.0769. The van der Waals surface area contributed by atoms with Crippen molar-refractivity contribution in [2.45, 2.75) is 0 Å².